The fourth-order valence-corrected chi connectivity index (χ4v) is 4.76. The summed E-state index contributed by atoms with van der Waals surface area (Å²) in [5.41, 5.74) is 1.63. The van der Waals surface area contributed by atoms with Crippen LogP contribution in [0.25, 0.3) is 11.6 Å². The summed E-state index contributed by atoms with van der Waals surface area (Å²) < 4.78 is 11.1. The van der Waals surface area contributed by atoms with Gasteiger partial charge in [0.1, 0.15) is 18.3 Å². The van der Waals surface area contributed by atoms with Gasteiger partial charge in [0.25, 0.3) is 0 Å². The molecule has 41 heavy (non-hydrogen) atoms. The molecule has 0 radical (unpaired) electrons. The number of benzene rings is 1. The molecule has 12 heteroatoms. The first-order valence-electron chi connectivity index (χ1n) is 13.7. The van der Waals surface area contributed by atoms with Crippen molar-refractivity contribution in [2.45, 2.75) is 32.5 Å². The normalized spacial score (nSPS) is 14.5. The number of nitrogens with zero attached hydrogens (tertiary/aromatic N) is 7. The predicted octanol–water partition coefficient (Wildman–Crippen LogP) is 2.25. The molecule has 0 saturated carbocycles. The molecule has 3 aromatic heterocycles. The third kappa shape index (κ3) is 7.62. The molecule has 0 bridgehead atoms. The van der Waals surface area contributed by atoms with E-state index in [4.69, 9.17) is 9.15 Å². The molecule has 1 saturated heterocycles. The Morgan fingerprint density at radius 2 is 1.83 bits per heavy atom. The molecule has 1 N–H and O–H groups in total. The third-order valence-electron chi connectivity index (χ3n) is 6.88. The van der Waals surface area contributed by atoms with Crippen molar-refractivity contribution in [2.24, 2.45) is 0 Å². The van der Waals surface area contributed by atoms with Crippen molar-refractivity contribution in [1.82, 2.24) is 40.3 Å². The Balaban J connectivity index is 1.37. The molecule has 1 aromatic carbocycles. The maximum atomic E-state index is 13.9. The van der Waals surface area contributed by atoms with Crippen molar-refractivity contribution in [1.29, 1.82) is 0 Å². The van der Waals surface area contributed by atoms with E-state index in [-0.39, 0.29) is 24.2 Å². The van der Waals surface area contributed by atoms with Gasteiger partial charge in [-0.1, -0.05) is 30.3 Å². The van der Waals surface area contributed by atoms with Gasteiger partial charge < -0.3 is 19.4 Å². The highest BCUT2D eigenvalue weighted by Gasteiger charge is 2.32. The monoisotopic (exact) mass is 558 g/mol. The van der Waals surface area contributed by atoms with E-state index in [0.717, 1.165) is 31.0 Å². The number of pyridine rings is 1. The van der Waals surface area contributed by atoms with Crippen molar-refractivity contribution in [3.8, 4) is 11.6 Å². The molecule has 1 aliphatic heterocycles. The van der Waals surface area contributed by atoms with Crippen LogP contribution in [0.1, 0.15) is 29.3 Å². The van der Waals surface area contributed by atoms with Gasteiger partial charge in [-0.3, -0.25) is 19.5 Å². The molecule has 2 amide bonds. The number of tetrazole rings is 1. The van der Waals surface area contributed by atoms with Gasteiger partial charge in [-0.25, -0.2) is 0 Å². The van der Waals surface area contributed by atoms with Gasteiger partial charge in [-0.05, 0) is 54.0 Å². The van der Waals surface area contributed by atoms with Crippen molar-refractivity contribution in [3.05, 3.63) is 83.9 Å². The quantitative estimate of drug-likeness (QED) is 0.278. The standard InChI is InChI=1S/C29H34N8O4/c1-22-8-9-25(41-22)28-32-34-37(33-28)21-26(38)36(15-5-14-35-16-18-40-19-17-35)27(24-10-12-30-13-11-24)29(39)31-20-23-6-3-2-4-7-23/h2-4,6-13,27H,5,14-21H2,1H3,(H,31,39). The van der Waals surface area contributed by atoms with Gasteiger partial charge in [0.2, 0.25) is 17.6 Å². The SMILES string of the molecule is Cc1ccc(-c2nnn(CC(=O)N(CCCN3CCOCC3)C(C(=O)NCc3ccccc3)c3ccncc3)n2)o1. The highest BCUT2D eigenvalue weighted by molar-refractivity contribution is 5.88. The minimum Gasteiger partial charge on any atom is -0.458 e. The van der Waals surface area contributed by atoms with Crippen molar-refractivity contribution >= 4 is 11.8 Å². The van der Waals surface area contributed by atoms with Crippen LogP contribution in [0.15, 0.2) is 71.4 Å². The lowest BCUT2D eigenvalue weighted by molar-refractivity contribution is -0.142. The molecule has 1 atom stereocenters. The zero-order valence-electron chi connectivity index (χ0n) is 23.1. The van der Waals surface area contributed by atoms with Gasteiger partial charge in [0.05, 0.1) is 13.2 Å². The topological polar surface area (TPSA) is 132 Å². The molecular weight excluding hydrogens is 524 g/mol. The summed E-state index contributed by atoms with van der Waals surface area (Å²) in [6, 6.07) is 15.9. The summed E-state index contributed by atoms with van der Waals surface area (Å²) in [5, 5.41) is 15.5. The van der Waals surface area contributed by atoms with Crippen molar-refractivity contribution in [3.63, 3.8) is 0 Å². The lowest BCUT2D eigenvalue weighted by atomic mass is 10.0. The molecule has 1 fully saturated rings. The first-order valence-corrected chi connectivity index (χ1v) is 13.7. The largest absolute Gasteiger partial charge is 0.458 e. The zero-order chi connectivity index (χ0) is 28.4. The first-order chi connectivity index (χ1) is 20.1. The van der Waals surface area contributed by atoms with Gasteiger partial charge in [0.15, 0.2) is 5.76 Å². The van der Waals surface area contributed by atoms with Crippen LogP contribution in [-0.4, -0.2) is 86.2 Å². The molecule has 0 spiro atoms. The van der Waals surface area contributed by atoms with Crippen LogP contribution in [0.2, 0.25) is 0 Å². The molecule has 0 aliphatic carbocycles. The Morgan fingerprint density at radius 3 is 2.56 bits per heavy atom. The zero-order valence-corrected chi connectivity index (χ0v) is 23.1. The Kier molecular flexibility index (Phi) is 9.45. The number of aromatic nitrogens is 5. The number of amides is 2. The third-order valence-corrected chi connectivity index (χ3v) is 6.88. The van der Waals surface area contributed by atoms with E-state index >= 15 is 0 Å². The maximum Gasteiger partial charge on any atom is 0.247 e. The van der Waals surface area contributed by atoms with E-state index in [1.54, 1.807) is 35.5 Å². The van der Waals surface area contributed by atoms with Crippen LogP contribution >= 0.6 is 0 Å². The van der Waals surface area contributed by atoms with Gasteiger partial charge in [-0.2, -0.15) is 4.80 Å². The minimum atomic E-state index is -0.866. The number of hydrogen-bond donors (Lipinski definition) is 1. The number of ether oxygens (including phenoxy) is 1. The van der Waals surface area contributed by atoms with Crippen LogP contribution < -0.4 is 5.32 Å². The van der Waals surface area contributed by atoms with Crippen LogP contribution in [0.5, 0.6) is 0 Å². The average molecular weight is 559 g/mol. The van der Waals surface area contributed by atoms with Crippen LogP contribution in [0, 0.1) is 6.92 Å². The molecular formula is C29H34N8O4. The minimum absolute atomic E-state index is 0.183. The van der Waals surface area contributed by atoms with E-state index < -0.39 is 6.04 Å². The molecule has 1 unspecified atom stereocenters. The summed E-state index contributed by atoms with van der Waals surface area (Å²) >= 11 is 0. The van der Waals surface area contributed by atoms with E-state index in [0.29, 0.717) is 44.0 Å². The number of hydrogen-bond acceptors (Lipinski definition) is 9. The molecule has 1 aliphatic rings. The number of nitrogens with one attached hydrogen (secondary N) is 1. The Hall–Kier alpha value is -4.42. The Labute approximate surface area is 238 Å². The fraction of sp³-hybridized carbons (Fsp3) is 0.379. The van der Waals surface area contributed by atoms with Gasteiger partial charge in [0, 0.05) is 45.1 Å². The van der Waals surface area contributed by atoms with Crippen molar-refractivity contribution < 1.29 is 18.7 Å². The molecule has 5 rings (SSSR count). The fourth-order valence-electron chi connectivity index (χ4n) is 4.76. The lowest BCUT2D eigenvalue weighted by Gasteiger charge is -2.32. The Morgan fingerprint density at radius 1 is 1.05 bits per heavy atom. The number of carbonyl (C=O) groups excluding carboxylic acids is 2. The van der Waals surface area contributed by atoms with E-state index in [2.05, 4.69) is 30.6 Å². The van der Waals surface area contributed by atoms with E-state index in [9.17, 15) is 9.59 Å². The van der Waals surface area contributed by atoms with Crippen LogP contribution in [0.3, 0.4) is 0 Å². The first kappa shape index (κ1) is 28.1. The summed E-state index contributed by atoms with van der Waals surface area (Å²) in [7, 11) is 0. The van der Waals surface area contributed by atoms with Crippen LogP contribution in [0.4, 0.5) is 0 Å². The number of furan rings is 1. The predicted molar refractivity (Wildman–Crippen MR) is 149 cm³/mol. The average Bonchev–Trinajstić information content (AvgIpc) is 3.66. The number of morpholine rings is 1. The van der Waals surface area contributed by atoms with Gasteiger partial charge >= 0.3 is 0 Å². The van der Waals surface area contributed by atoms with Crippen LogP contribution in [-0.2, 0) is 27.4 Å². The highest BCUT2D eigenvalue weighted by atomic mass is 16.5. The van der Waals surface area contributed by atoms with Crippen molar-refractivity contribution in [2.75, 3.05) is 39.4 Å². The maximum absolute atomic E-state index is 13.9. The second-order valence-corrected chi connectivity index (χ2v) is 9.83. The second kappa shape index (κ2) is 13.8. The smallest absolute Gasteiger partial charge is 0.247 e. The second-order valence-electron chi connectivity index (χ2n) is 9.83. The van der Waals surface area contributed by atoms with Gasteiger partial charge in [-0.15, -0.1) is 10.2 Å². The summed E-state index contributed by atoms with van der Waals surface area (Å²) in [5.74, 6) is 0.899. The van der Waals surface area contributed by atoms with E-state index in [1.165, 1.54) is 4.80 Å². The summed E-state index contributed by atoms with van der Waals surface area (Å²) in [6.07, 6.45) is 3.93. The highest BCUT2D eigenvalue weighted by Crippen LogP contribution is 2.23. The number of carbonyl (C=O) groups is 2. The molecule has 4 aromatic rings. The summed E-state index contributed by atoms with van der Waals surface area (Å²) in [6.45, 7) is 6.21. The van der Waals surface area contributed by atoms with E-state index in [1.807, 2.05) is 43.3 Å². The molecule has 12 nitrogen and oxygen atoms in total. The molecule has 4 heterocycles. The Bertz CT molecular complexity index is 1400. The lowest BCUT2D eigenvalue weighted by Crippen LogP contribution is -2.46. The summed E-state index contributed by atoms with van der Waals surface area (Å²) in [4.78, 5) is 36.9. The number of rotatable bonds is 12. The molecule has 214 valence electrons. The number of aryl methyl sites for hydroxylation is 1.